The highest BCUT2D eigenvalue weighted by atomic mass is 16.2. The van der Waals surface area contributed by atoms with Crippen LogP contribution >= 0.6 is 0 Å². The molecule has 2 bridgehead atoms. The Labute approximate surface area is 189 Å². The molecule has 1 aliphatic heterocycles. The Hall–Kier alpha value is -2.89. The fourth-order valence-electron chi connectivity index (χ4n) is 5.96. The van der Waals surface area contributed by atoms with Crippen LogP contribution < -0.4 is 10.7 Å². The molecular weight excluding hydrogens is 402 g/mol. The smallest absolute Gasteiger partial charge is 0.259 e. The molecule has 1 aromatic carbocycles. The highest BCUT2D eigenvalue weighted by Crippen LogP contribution is 2.52. The molecule has 0 spiro atoms. The van der Waals surface area contributed by atoms with Crippen molar-refractivity contribution in [2.75, 3.05) is 13.6 Å². The first kappa shape index (κ1) is 22.3. The fraction of sp³-hybridized carbons (Fsp3) is 0.500. The SMILES string of the molecule is CNC(=O)c1cn(CCc2ccccc2)cc(C(=O)N2C[C@@]3(C)C[C@@H]2CC(C)(C)C3)c1=O. The summed E-state index contributed by atoms with van der Waals surface area (Å²) in [4.78, 5) is 41.1. The highest BCUT2D eigenvalue weighted by Gasteiger charge is 2.51. The predicted octanol–water partition coefficient (Wildman–Crippen LogP) is 3.49. The van der Waals surface area contributed by atoms with Crippen molar-refractivity contribution in [2.24, 2.45) is 10.8 Å². The highest BCUT2D eigenvalue weighted by molar-refractivity contribution is 5.99. The molecule has 1 aliphatic carbocycles. The summed E-state index contributed by atoms with van der Waals surface area (Å²) in [5.74, 6) is -0.716. The molecule has 1 saturated carbocycles. The lowest BCUT2D eigenvalue weighted by Gasteiger charge is -2.39. The monoisotopic (exact) mass is 435 g/mol. The molecule has 6 heteroatoms. The molecule has 2 aliphatic rings. The summed E-state index contributed by atoms with van der Waals surface area (Å²) in [7, 11) is 1.50. The second-order valence-electron chi connectivity index (χ2n) is 10.6. The number of nitrogens with one attached hydrogen (secondary N) is 1. The number of benzene rings is 1. The molecule has 4 rings (SSSR count). The number of likely N-dealkylation sites (tertiary alicyclic amines) is 1. The molecule has 1 aromatic heterocycles. The van der Waals surface area contributed by atoms with E-state index < -0.39 is 11.3 Å². The molecule has 170 valence electrons. The molecule has 2 heterocycles. The molecule has 2 aromatic rings. The summed E-state index contributed by atoms with van der Waals surface area (Å²) in [5.41, 5.74) is 1.02. The number of amides is 2. The Morgan fingerprint density at radius 2 is 1.75 bits per heavy atom. The Morgan fingerprint density at radius 1 is 1.06 bits per heavy atom. The zero-order chi connectivity index (χ0) is 23.1. The number of carbonyl (C=O) groups excluding carboxylic acids is 2. The zero-order valence-electron chi connectivity index (χ0n) is 19.5. The molecule has 2 atom stereocenters. The number of fused-ring (bicyclic) bond motifs is 2. The van der Waals surface area contributed by atoms with E-state index in [1.165, 1.54) is 7.05 Å². The van der Waals surface area contributed by atoms with Gasteiger partial charge >= 0.3 is 0 Å². The predicted molar refractivity (Wildman–Crippen MR) is 125 cm³/mol. The zero-order valence-corrected chi connectivity index (χ0v) is 19.5. The van der Waals surface area contributed by atoms with Crippen molar-refractivity contribution < 1.29 is 9.59 Å². The standard InChI is InChI=1S/C26H33N3O3/c1-25(2)12-19-13-26(3,16-25)17-29(19)24(32)21-15-28(11-10-18-8-6-5-7-9-18)14-20(22(21)30)23(31)27-4/h5-9,14-15,19H,10-13,16-17H2,1-4H3,(H,27,31)/t19-,26-/m0/s1. The van der Waals surface area contributed by atoms with E-state index in [0.29, 0.717) is 13.1 Å². The van der Waals surface area contributed by atoms with Crippen molar-refractivity contribution in [1.29, 1.82) is 0 Å². The van der Waals surface area contributed by atoms with Gasteiger partial charge in [0.15, 0.2) is 0 Å². The van der Waals surface area contributed by atoms with Crippen LogP contribution in [0.3, 0.4) is 0 Å². The van der Waals surface area contributed by atoms with Gasteiger partial charge in [-0.1, -0.05) is 51.1 Å². The van der Waals surface area contributed by atoms with Gasteiger partial charge in [0.1, 0.15) is 11.1 Å². The second kappa shape index (κ2) is 8.23. The van der Waals surface area contributed by atoms with Gasteiger partial charge in [0.2, 0.25) is 5.43 Å². The third-order valence-corrected chi connectivity index (χ3v) is 6.96. The van der Waals surface area contributed by atoms with E-state index in [-0.39, 0.29) is 33.9 Å². The average Bonchev–Trinajstić information content (AvgIpc) is 3.01. The van der Waals surface area contributed by atoms with E-state index in [1.54, 1.807) is 17.0 Å². The summed E-state index contributed by atoms with van der Waals surface area (Å²) in [5, 5.41) is 2.54. The van der Waals surface area contributed by atoms with Gasteiger partial charge in [-0.05, 0) is 42.1 Å². The van der Waals surface area contributed by atoms with Gasteiger partial charge < -0.3 is 14.8 Å². The minimum Gasteiger partial charge on any atom is -0.355 e. The summed E-state index contributed by atoms with van der Waals surface area (Å²) in [6, 6.07) is 10.2. The van der Waals surface area contributed by atoms with E-state index in [1.807, 2.05) is 35.2 Å². The number of hydrogen-bond donors (Lipinski definition) is 1. The first-order chi connectivity index (χ1) is 15.1. The number of hydrogen-bond acceptors (Lipinski definition) is 3. The number of nitrogens with zero attached hydrogens (tertiary/aromatic N) is 2. The van der Waals surface area contributed by atoms with E-state index in [2.05, 4.69) is 26.1 Å². The van der Waals surface area contributed by atoms with E-state index >= 15 is 0 Å². The summed E-state index contributed by atoms with van der Waals surface area (Å²) >= 11 is 0. The van der Waals surface area contributed by atoms with Crippen LogP contribution in [-0.4, -0.2) is 40.9 Å². The molecule has 32 heavy (non-hydrogen) atoms. The molecule has 2 fully saturated rings. The van der Waals surface area contributed by atoms with Gasteiger partial charge in [0.25, 0.3) is 11.8 Å². The van der Waals surface area contributed by atoms with Gasteiger partial charge in [-0.25, -0.2) is 0 Å². The van der Waals surface area contributed by atoms with Crippen molar-refractivity contribution >= 4 is 11.8 Å². The molecular formula is C26H33N3O3. The van der Waals surface area contributed by atoms with Crippen LogP contribution in [-0.2, 0) is 13.0 Å². The van der Waals surface area contributed by atoms with Crippen LogP contribution in [0.2, 0.25) is 0 Å². The maximum absolute atomic E-state index is 13.6. The summed E-state index contributed by atoms with van der Waals surface area (Å²) in [6.07, 6.45) is 6.91. The normalized spacial score (nSPS) is 23.8. The third-order valence-electron chi connectivity index (χ3n) is 6.96. The van der Waals surface area contributed by atoms with Crippen molar-refractivity contribution in [1.82, 2.24) is 14.8 Å². The van der Waals surface area contributed by atoms with E-state index in [4.69, 9.17) is 0 Å². The van der Waals surface area contributed by atoms with Gasteiger partial charge in [-0.15, -0.1) is 0 Å². The maximum atomic E-state index is 13.6. The van der Waals surface area contributed by atoms with E-state index in [0.717, 1.165) is 31.2 Å². The second-order valence-corrected chi connectivity index (χ2v) is 10.6. The van der Waals surface area contributed by atoms with Crippen LogP contribution in [0.4, 0.5) is 0 Å². The van der Waals surface area contributed by atoms with Crippen molar-refractivity contribution in [3.8, 4) is 0 Å². The molecule has 6 nitrogen and oxygen atoms in total. The van der Waals surface area contributed by atoms with Crippen LogP contribution in [0.15, 0.2) is 47.5 Å². The summed E-state index contributed by atoms with van der Waals surface area (Å²) < 4.78 is 1.81. The number of pyridine rings is 1. The van der Waals surface area contributed by atoms with Gasteiger partial charge in [0.05, 0.1) is 0 Å². The topological polar surface area (TPSA) is 71.4 Å². The number of rotatable bonds is 5. The maximum Gasteiger partial charge on any atom is 0.259 e. The number of aromatic nitrogens is 1. The lowest BCUT2D eigenvalue weighted by atomic mass is 9.65. The minimum atomic E-state index is -0.490. The molecule has 0 radical (unpaired) electrons. The molecule has 2 amide bonds. The Balaban J connectivity index is 1.67. The Kier molecular flexibility index (Phi) is 5.74. The quantitative estimate of drug-likeness (QED) is 0.782. The van der Waals surface area contributed by atoms with Crippen LogP contribution in [0.25, 0.3) is 0 Å². The first-order valence-corrected chi connectivity index (χ1v) is 11.4. The molecule has 1 saturated heterocycles. The fourth-order valence-corrected chi connectivity index (χ4v) is 5.96. The van der Waals surface area contributed by atoms with Gasteiger partial charge in [-0.3, -0.25) is 14.4 Å². The van der Waals surface area contributed by atoms with Gasteiger partial charge in [0, 0.05) is 38.6 Å². The van der Waals surface area contributed by atoms with Crippen LogP contribution in [0.1, 0.15) is 66.3 Å². The van der Waals surface area contributed by atoms with Crippen LogP contribution in [0.5, 0.6) is 0 Å². The first-order valence-electron chi connectivity index (χ1n) is 11.4. The van der Waals surface area contributed by atoms with E-state index in [9.17, 15) is 14.4 Å². The largest absolute Gasteiger partial charge is 0.355 e. The Morgan fingerprint density at radius 3 is 2.44 bits per heavy atom. The number of aryl methyl sites for hydroxylation is 2. The third kappa shape index (κ3) is 4.36. The molecule has 0 unspecified atom stereocenters. The number of carbonyl (C=O) groups is 2. The minimum absolute atomic E-state index is 0.0140. The lowest BCUT2D eigenvalue weighted by Crippen LogP contribution is -2.41. The van der Waals surface area contributed by atoms with Crippen LogP contribution in [0, 0.1) is 10.8 Å². The van der Waals surface area contributed by atoms with Crippen molar-refractivity contribution in [2.45, 2.75) is 59.0 Å². The Bertz CT molecular complexity index is 1090. The van der Waals surface area contributed by atoms with Gasteiger partial charge in [-0.2, -0.15) is 0 Å². The van der Waals surface area contributed by atoms with Crippen molar-refractivity contribution in [3.63, 3.8) is 0 Å². The van der Waals surface area contributed by atoms with Crippen molar-refractivity contribution in [3.05, 3.63) is 69.6 Å². The lowest BCUT2D eigenvalue weighted by molar-refractivity contribution is 0.0706. The summed E-state index contributed by atoms with van der Waals surface area (Å²) in [6.45, 7) is 7.99. The molecule has 1 N–H and O–H groups in total. The average molecular weight is 436 g/mol.